The molecule has 2 atom stereocenters. The topological polar surface area (TPSA) is 23.5 Å². The van der Waals surface area contributed by atoms with Crippen LogP contribution >= 0.6 is 11.6 Å². The molecule has 1 aliphatic rings. The molecule has 2 rings (SSSR count). The Labute approximate surface area is 102 Å². The average molecular weight is 240 g/mol. The molecule has 3 heteroatoms. The third-order valence-electron chi connectivity index (χ3n) is 3.70. The minimum absolute atomic E-state index is 0.275. The highest BCUT2D eigenvalue weighted by atomic mass is 35.5. The number of benzene rings is 1. The van der Waals surface area contributed by atoms with Gasteiger partial charge in [-0.05, 0) is 38.0 Å². The van der Waals surface area contributed by atoms with Crippen LogP contribution in [0.4, 0.5) is 5.69 Å². The van der Waals surface area contributed by atoms with Gasteiger partial charge in [0.2, 0.25) is 0 Å². The Morgan fingerprint density at radius 1 is 1.50 bits per heavy atom. The van der Waals surface area contributed by atoms with Gasteiger partial charge >= 0.3 is 0 Å². The summed E-state index contributed by atoms with van der Waals surface area (Å²) in [5.41, 5.74) is 2.34. The van der Waals surface area contributed by atoms with Gasteiger partial charge in [-0.3, -0.25) is 0 Å². The highest BCUT2D eigenvalue weighted by Gasteiger charge is 2.30. The molecule has 0 radical (unpaired) electrons. The molecule has 1 N–H and O–H groups in total. The van der Waals surface area contributed by atoms with Gasteiger partial charge in [-0.15, -0.1) is 0 Å². The number of nitrogens with zero attached hydrogens (tertiary/aromatic N) is 1. The van der Waals surface area contributed by atoms with E-state index >= 15 is 0 Å². The Morgan fingerprint density at radius 3 is 2.88 bits per heavy atom. The summed E-state index contributed by atoms with van der Waals surface area (Å²) < 4.78 is 0. The molecular formula is C13H18ClNO. The zero-order valence-electron chi connectivity index (χ0n) is 9.78. The van der Waals surface area contributed by atoms with Gasteiger partial charge in [-0.25, -0.2) is 0 Å². The highest BCUT2D eigenvalue weighted by molar-refractivity contribution is 6.31. The van der Waals surface area contributed by atoms with E-state index in [0.29, 0.717) is 12.0 Å². The summed E-state index contributed by atoms with van der Waals surface area (Å²) in [7, 11) is 0. The molecule has 0 aliphatic carbocycles. The smallest absolute Gasteiger partial charge is 0.0479 e. The first-order valence-corrected chi connectivity index (χ1v) is 6.15. The largest absolute Gasteiger partial charge is 0.396 e. The maximum Gasteiger partial charge on any atom is 0.0479 e. The maximum absolute atomic E-state index is 9.27. The van der Waals surface area contributed by atoms with Crippen molar-refractivity contribution in [3.05, 3.63) is 28.8 Å². The van der Waals surface area contributed by atoms with Crippen molar-refractivity contribution in [2.75, 3.05) is 18.1 Å². The van der Waals surface area contributed by atoms with E-state index in [9.17, 15) is 5.11 Å². The van der Waals surface area contributed by atoms with Gasteiger partial charge in [0.05, 0.1) is 0 Å². The SMILES string of the molecule is Cc1c(Cl)cccc1N1CCC(CO)C1C. The van der Waals surface area contributed by atoms with Gasteiger partial charge in [0.1, 0.15) is 0 Å². The first-order chi connectivity index (χ1) is 7.65. The van der Waals surface area contributed by atoms with Gasteiger partial charge in [0, 0.05) is 35.8 Å². The van der Waals surface area contributed by atoms with Crippen LogP contribution in [0, 0.1) is 12.8 Å². The predicted molar refractivity (Wildman–Crippen MR) is 68.2 cm³/mol. The summed E-state index contributed by atoms with van der Waals surface area (Å²) in [5, 5.41) is 10.1. The summed E-state index contributed by atoms with van der Waals surface area (Å²) in [4.78, 5) is 2.35. The molecule has 16 heavy (non-hydrogen) atoms. The van der Waals surface area contributed by atoms with Crippen molar-refractivity contribution in [3.63, 3.8) is 0 Å². The number of hydrogen-bond donors (Lipinski definition) is 1. The molecule has 1 aromatic rings. The van der Waals surface area contributed by atoms with Gasteiger partial charge in [0.15, 0.2) is 0 Å². The average Bonchev–Trinajstić information content (AvgIpc) is 2.64. The lowest BCUT2D eigenvalue weighted by molar-refractivity contribution is 0.221. The molecule has 88 valence electrons. The number of halogens is 1. The lowest BCUT2D eigenvalue weighted by Crippen LogP contribution is -2.31. The summed E-state index contributed by atoms with van der Waals surface area (Å²) >= 11 is 6.13. The molecule has 0 spiro atoms. The lowest BCUT2D eigenvalue weighted by atomic mass is 10.0. The van der Waals surface area contributed by atoms with E-state index in [-0.39, 0.29) is 6.61 Å². The number of anilines is 1. The second-order valence-electron chi connectivity index (χ2n) is 4.55. The zero-order chi connectivity index (χ0) is 11.7. The molecule has 0 bridgehead atoms. The first-order valence-electron chi connectivity index (χ1n) is 5.77. The second-order valence-corrected chi connectivity index (χ2v) is 4.96. The van der Waals surface area contributed by atoms with Crippen LogP contribution in [0.2, 0.25) is 5.02 Å². The molecule has 1 aromatic carbocycles. The van der Waals surface area contributed by atoms with E-state index in [1.54, 1.807) is 0 Å². The molecule has 0 saturated carbocycles. The molecule has 1 aliphatic heterocycles. The van der Waals surface area contributed by atoms with E-state index in [0.717, 1.165) is 23.6 Å². The molecule has 2 nitrogen and oxygen atoms in total. The van der Waals surface area contributed by atoms with E-state index in [2.05, 4.69) is 24.8 Å². The fraction of sp³-hybridized carbons (Fsp3) is 0.538. The molecule has 2 unspecified atom stereocenters. The van der Waals surface area contributed by atoms with Crippen LogP contribution in [0.15, 0.2) is 18.2 Å². The molecule has 1 fully saturated rings. The van der Waals surface area contributed by atoms with Gasteiger partial charge in [0.25, 0.3) is 0 Å². The number of hydrogen-bond acceptors (Lipinski definition) is 2. The fourth-order valence-corrected chi connectivity index (χ4v) is 2.66. The Kier molecular flexibility index (Phi) is 3.41. The summed E-state index contributed by atoms with van der Waals surface area (Å²) in [6, 6.07) is 6.41. The van der Waals surface area contributed by atoms with Crippen molar-refractivity contribution in [2.45, 2.75) is 26.3 Å². The molecule has 1 saturated heterocycles. The summed E-state index contributed by atoms with van der Waals surface area (Å²) in [6.07, 6.45) is 1.06. The normalized spacial score (nSPS) is 25.1. The third kappa shape index (κ3) is 1.92. The number of aliphatic hydroxyl groups excluding tert-OH is 1. The number of rotatable bonds is 2. The molecule has 0 aromatic heterocycles. The second kappa shape index (κ2) is 4.64. The van der Waals surface area contributed by atoms with Crippen LogP contribution in [0.25, 0.3) is 0 Å². The fourth-order valence-electron chi connectivity index (χ4n) is 2.50. The third-order valence-corrected chi connectivity index (χ3v) is 4.11. The van der Waals surface area contributed by atoms with E-state index < -0.39 is 0 Å². The minimum atomic E-state index is 0.275. The number of aliphatic hydroxyl groups is 1. The van der Waals surface area contributed by atoms with E-state index in [1.165, 1.54) is 5.69 Å². The molecule has 1 heterocycles. The van der Waals surface area contributed by atoms with Crippen molar-refractivity contribution < 1.29 is 5.11 Å². The van der Waals surface area contributed by atoms with Crippen molar-refractivity contribution >= 4 is 17.3 Å². The Balaban J connectivity index is 2.29. The maximum atomic E-state index is 9.27. The van der Waals surface area contributed by atoms with Crippen molar-refractivity contribution in [1.82, 2.24) is 0 Å². The van der Waals surface area contributed by atoms with Gasteiger partial charge in [-0.1, -0.05) is 17.7 Å². The van der Waals surface area contributed by atoms with Gasteiger partial charge in [-0.2, -0.15) is 0 Å². The summed E-state index contributed by atoms with van der Waals surface area (Å²) in [6.45, 7) is 5.51. The zero-order valence-corrected chi connectivity index (χ0v) is 10.5. The standard InChI is InChI=1S/C13H18ClNO/c1-9-12(14)4-3-5-13(9)15-7-6-11(8-16)10(15)2/h3-5,10-11,16H,6-8H2,1-2H3. The quantitative estimate of drug-likeness (QED) is 0.858. The van der Waals surface area contributed by atoms with Crippen molar-refractivity contribution in [2.24, 2.45) is 5.92 Å². The van der Waals surface area contributed by atoms with Crippen LogP contribution in [0.3, 0.4) is 0 Å². The van der Waals surface area contributed by atoms with Crippen molar-refractivity contribution in [1.29, 1.82) is 0 Å². The molecule has 0 amide bonds. The van der Waals surface area contributed by atoms with Crippen LogP contribution in [0.1, 0.15) is 18.9 Å². The van der Waals surface area contributed by atoms with Crippen LogP contribution in [0.5, 0.6) is 0 Å². The monoisotopic (exact) mass is 239 g/mol. The van der Waals surface area contributed by atoms with E-state index in [4.69, 9.17) is 11.6 Å². The predicted octanol–water partition coefficient (Wildman–Crippen LogP) is 2.86. The van der Waals surface area contributed by atoms with Crippen LogP contribution < -0.4 is 4.90 Å². The van der Waals surface area contributed by atoms with Crippen LogP contribution in [-0.4, -0.2) is 24.3 Å². The van der Waals surface area contributed by atoms with Gasteiger partial charge < -0.3 is 10.0 Å². The Hall–Kier alpha value is -0.730. The summed E-state index contributed by atoms with van der Waals surface area (Å²) in [5.74, 6) is 0.387. The van der Waals surface area contributed by atoms with E-state index in [1.807, 2.05) is 12.1 Å². The Morgan fingerprint density at radius 2 is 2.25 bits per heavy atom. The molecular weight excluding hydrogens is 222 g/mol. The van der Waals surface area contributed by atoms with Crippen LogP contribution in [-0.2, 0) is 0 Å². The minimum Gasteiger partial charge on any atom is -0.396 e. The Bertz CT molecular complexity index is 380. The van der Waals surface area contributed by atoms with Crippen molar-refractivity contribution in [3.8, 4) is 0 Å². The highest BCUT2D eigenvalue weighted by Crippen LogP contribution is 2.33. The lowest BCUT2D eigenvalue weighted by Gasteiger charge is -2.28. The first kappa shape index (κ1) is 11.7.